The molecule has 0 spiro atoms. The predicted molar refractivity (Wildman–Crippen MR) is 103 cm³/mol. The highest BCUT2D eigenvalue weighted by molar-refractivity contribution is 5.88. The zero-order valence-corrected chi connectivity index (χ0v) is 15.4. The molecule has 3 aromatic heterocycles. The van der Waals surface area contributed by atoms with E-state index in [-0.39, 0.29) is 0 Å². The lowest BCUT2D eigenvalue weighted by atomic mass is 10.2. The van der Waals surface area contributed by atoms with E-state index in [2.05, 4.69) is 30.8 Å². The van der Waals surface area contributed by atoms with E-state index in [4.69, 9.17) is 14.3 Å². The number of fused-ring (bicyclic) bond motifs is 2. The molecular formula is C20H22N4O2. The van der Waals surface area contributed by atoms with Crippen molar-refractivity contribution in [1.29, 1.82) is 0 Å². The number of ether oxygens (including phenoxy) is 1. The van der Waals surface area contributed by atoms with Crippen LogP contribution in [0.2, 0.25) is 0 Å². The summed E-state index contributed by atoms with van der Waals surface area (Å²) in [6, 6.07) is 11.7. The van der Waals surface area contributed by atoms with Crippen LogP contribution in [0.25, 0.3) is 28.1 Å². The maximum atomic E-state index is 6.03. The SMILES string of the molecule is COc1cccc2oc(-c3cnc4ccc(N(C)CC(C)C)nn34)cc12. The highest BCUT2D eigenvalue weighted by atomic mass is 16.5. The minimum absolute atomic E-state index is 0.558. The van der Waals surface area contributed by atoms with Crippen LogP contribution in [-0.2, 0) is 0 Å². The highest BCUT2D eigenvalue weighted by Gasteiger charge is 2.15. The van der Waals surface area contributed by atoms with Crippen LogP contribution < -0.4 is 9.64 Å². The Labute approximate surface area is 152 Å². The second-order valence-corrected chi connectivity index (χ2v) is 6.86. The lowest BCUT2D eigenvalue weighted by Gasteiger charge is -2.20. The molecule has 1 aromatic carbocycles. The molecule has 0 N–H and O–H groups in total. The quantitative estimate of drug-likeness (QED) is 0.539. The van der Waals surface area contributed by atoms with E-state index < -0.39 is 0 Å². The van der Waals surface area contributed by atoms with E-state index in [1.54, 1.807) is 13.3 Å². The van der Waals surface area contributed by atoms with Gasteiger partial charge in [0.1, 0.15) is 22.8 Å². The summed E-state index contributed by atoms with van der Waals surface area (Å²) in [7, 11) is 3.71. The monoisotopic (exact) mass is 350 g/mol. The number of hydrogen-bond donors (Lipinski definition) is 0. The van der Waals surface area contributed by atoms with Crippen LogP contribution in [0.3, 0.4) is 0 Å². The van der Waals surface area contributed by atoms with Crippen LogP contribution in [0, 0.1) is 5.92 Å². The fourth-order valence-corrected chi connectivity index (χ4v) is 3.21. The molecule has 134 valence electrons. The molecule has 0 aliphatic carbocycles. The molecule has 6 nitrogen and oxygen atoms in total. The highest BCUT2D eigenvalue weighted by Crippen LogP contribution is 2.33. The lowest BCUT2D eigenvalue weighted by molar-refractivity contribution is 0.419. The number of furan rings is 1. The fourth-order valence-electron chi connectivity index (χ4n) is 3.21. The fraction of sp³-hybridized carbons (Fsp3) is 0.300. The van der Waals surface area contributed by atoms with Gasteiger partial charge in [0.15, 0.2) is 11.4 Å². The van der Waals surface area contributed by atoms with Gasteiger partial charge in [-0.3, -0.25) is 0 Å². The number of aromatic nitrogens is 3. The van der Waals surface area contributed by atoms with Crippen molar-refractivity contribution < 1.29 is 9.15 Å². The average molecular weight is 350 g/mol. The Morgan fingerprint density at radius 1 is 1.23 bits per heavy atom. The van der Waals surface area contributed by atoms with Gasteiger partial charge < -0.3 is 14.1 Å². The van der Waals surface area contributed by atoms with Gasteiger partial charge in [0.2, 0.25) is 0 Å². The van der Waals surface area contributed by atoms with Crippen molar-refractivity contribution in [2.45, 2.75) is 13.8 Å². The molecule has 4 rings (SSSR count). The normalized spacial score (nSPS) is 11.6. The van der Waals surface area contributed by atoms with Crippen molar-refractivity contribution >= 4 is 22.4 Å². The Balaban J connectivity index is 1.81. The number of nitrogens with zero attached hydrogens (tertiary/aromatic N) is 4. The molecule has 0 saturated heterocycles. The van der Waals surface area contributed by atoms with Gasteiger partial charge in [0.25, 0.3) is 0 Å². The molecule has 26 heavy (non-hydrogen) atoms. The molecule has 0 saturated carbocycles. The second kappa shape index (κ2) is 6.37. The average Bonchev–Trinajstić information content (AvgIpc) is 3.23. The molecule has 0 bridgehead atoms. The third-order valence-electron chi connectivity index (χ3n) is 4.37. The molecule has 4 aromatic rings. The predicted octanol–water partition coefficient (Wildman–Crippen LogP) is 4.24. The summed E-state index contributed by atoms with van der Waals surface area (Å²) < 4.78 is 13.3. The molecule has 6 heteroatoms. The van der Waals surface area contributed by atoms with E-state index in [1.807, 2.05) is 40.9 Å². The molecule has 0 radical (unpaired) electrons. The number of rotatable bonds is 5. The third kappa shape index (κ3) is 2.77. The van der Waals surface area contributed by atoms with Crippen molar-refractivity contribution in [2.24, 2.45) is 5.92 Å². The van der Waals surface area contributed by atoms with Gasteiger partial charge in [-0.05, 0) is 36.2 Å². The molecule has 0 fully saturated rings. The Morgan fingerprint density at radius 2 is 2.08 bits per heavy atom. The maximum absolute atomic E-state index is 6.03. The van der Waals surface area contributed by atoms with E-state index in [1.165, 1.54) is 0 Å². The van der Waals surface area contributed by atoms with E-state index in [9.17, 15) is 0 Å². The molecule has 0 aliphatic rings. The summed E-state index contributed by atoms with van der Waals surface area (Å²) in [5.41, 5.74) is 2.38. The van der Waals surface area contributed by atoms with Crippen molar-refractivity contribution in [3.63, 3.8) is 0 Å². The van der Waals surface area contributed by atoms with Crippen LogP contribution in [0.1, 0.15) is 13.8 Å². The van der Waals surface area contributed by atoms with Gasteiger partial charge in [-0.15, -0.1) is 5.10 Å². The number of methoxy groups -OCH3 is 1. The standard InChI is InChI=1S/C20H22N4O2/c1-13(2)12-23(3)20-9-8-19-21-11-15(24(19)22-20)18-10-14-16(25-4)6-5-7-17(14)26-18/h5-11,13H,12H2,1-4H3. The molecule has 3 heterocycles. The largest absolute Gasteiger partial charge is 0.496 e. The van der Waals surface area contributed by atoms with Gasteiger partial charge in [-0.2, -0.15) is 0 Å². The molecule has 0 atom stereocenters. The summed E-state index contributed by atoms with van der Waals surface area (Å²) >= 11 is 0. The van der Waals surface area contributed by atoms with Crippen LogP contribution in [0.4, 0.5) is 5.82 Å². The van der Waals surface area contributed by atoms with Crippen LogP contribution in [0.5, 0.6) is 5.75 Å². The van der Waals surface area contributed by atoms with Gasteiger partial charge in [0, 0.05) is 13.6 Å². The molecular weight excluding hydrogens is 328 g/mol. The minimum atomic E-state index is 0.558. The zero-order chi connectivity index (χ0) is 18.3. The molecule has 0 aliphatic heterocycles. The first-order valence-electron chi connectivity index (χ1n) is 8.69. The van der Waals surface area contributed by atoms with Gasteiger partial charge >= 0.3 is 0 Å². The number of hydrogen-bond acceptors (Lipinski definition) is 5. The van der Waals surface area contributed by atoms with Crippen LogP contribution >= 0.6 is 0 Å². The Bertz CT molecular complexity index is 1060. The van der Waals surface area contributed by atoms with E-state index in [0.29, 0.717) is 11.7 Å². The van der Waals surface area contributed by atoms with Gasteiger partial charge in [-0.1, -0.05) is 19.9 Å². The smallest absolute Gasteiger partial charge is 0.155 e. The summed E-state index contributed by atoms with van der Waals surface area (Å²) in [6.07, 6.45) is 1.79. The van der Waals surface area contributed by atoms with Crippen molar-refractivity contribution in [2.75, 3.05) is 25.6 Å². The first-order valence-corrected chi connectivity index (χ1v) is 8.69. The maximum Gasteiger partial charge on any atom is 0.155 e. The first kappa shape index (κ1) is 16.4. The Morgan fingerprint density at radius 3 is 2.85 bits per heavy atom. The minimum Gasteiger partial charge on any atom is -0.496 e. The van der Waals surface area contributed by atoms with E-state index in [0.717, 1.165) is 40.4 Å². The van der Waals surface area contributed by atoms with Crippen molar-refractivity contribution in [3.05, 3.63) is 42.6 Å². The van der Waals surface area contributed by atoms with Crippen molar-refractivity contribution in [3.8, 4) is 17.2 Å². The van der Waals surface area contributed by atoms with Gasteiger partial charge in [0.05, 0.1) is 18.7 Å². The Hall–Kier alpha value is -3.02. The molecule has 0 amide bonds. The van der Waals surface area contributed by atoms with Crippen molar-refractivity contribution in [1.82, 2.24) is 14.6 Å². The zero-order valence-electron chi connectivity index (χ0n) is 15.4. The lowest BCUT2D eigenvalue weighted by Crippen LogP contribution is -2.24. The Kier molecular flexibility index (Phi) is 4.03. The third-order valence-corrected chi connectivity index (χ3v) is 4.37. The van der Waals surface area contributed by atoms with Crippen LogP contribution in [-0.4, -0.2) is 35.3 Å². The summed E-state index contributed by atoms with van der Waals surface area (Å²) in [5.74, 6) is 2.96. The summed E-state index contributed by atoms with van der Waals surface area (Å²) in [4.78, 5) is 6.61. The summed E-state index contributed by atoms with van der Waals surface area (Å²) in [5, 5.41) is 5.70. The molecule has 0 unspecified atom stereocenters. The summed E-state index contributed by atoms with van der Waals surface area (Å²) in [6.45, 7) is 5.32. The number of anilines is 1. The van der Waals surface area contributed by atoms with Crippen LogP contribution in [0.15, 0.2) is 47.0 Å². The second-order valence-electron chi connectivity index (χ2n) is 6.86. The topological polar surface area (TPSA) is 55.8 Å². The number of benzene rings is 1. The number of imidazole rings is 1. The van der Waals surface area contributed by atoms with E-state index >= 15 is 0 Å². The van der Waals surface area contributed by atoms with Gasteiger partial charge in [-0.25, -0.2) is 9.50 Å². The first-order chi connectivity index (χ1) is 12.6.